The fourth-order valence-electron chi connectivity index (χ4n) is 2.03. The van der Waals surface area contributed by atoms with Gasteiger partial charge in [0.25, 0.3) is 5.91 Å². The van der Waals surface area contributed by atoms with Crippen LogP contribution in [0.3, 0.4) is 0 Å². The van der Waals surface area contributed by atoms with Crippen molar-refractivity contribution in [1.29, 1.82) is 0 Å². The van der Waals surface area contributed by atoms with Gasteiger partial charge in [-0.3, -0.25) is 4.79 Å². The Morgan fingerprint density at radius 1 is 1.44 bits per heavy atom. The zero-order chi connectivity index (χ0) is 13.1. The second-order valence-corrected chi connectivity index (χ2v) is 5.79. The van der Waals surface area contributed by atoms with Crippen LogP contribution in [0, 0.1) is 0 Å². The van der Waals surface area contributed by atoms with Crippen molar-refractivity contribution in [3.05, 3.63) is 28.2 Å². The molecule has 5 heteroatoms. The van der Waals surface area contributed by atoms with Crippen molar-refractivity contribution in [2.75, 3.05) is 20.2 Å². The first-order valence-electron chi connectivity index (χ1n) is 5.88. The van der Waals surface area contributed by atoms with Crippen LogP contribution in [0.2, 0.25) is 0 Å². The van der Waals surface area contributed by atoms with Crippen LogP contribution in [0.4, 0.5) is 0 Å². The molecule has 0 atom stereocenters. The molecule has 1 fully saturated rings. The Labute approximate surface area is 120 Å². The molecule has 0 radical (unpaired) electrons. The molecule has 2 rings (SSSR count). The van der Waals surface area contributed by atoms with Crippen molar-refractivity contribution in [3.63, 3.8) is 0 Å². The molecule has 0 bridgehead atoms. The molecule has 0 unspecified atom stereocenters. The summed E-state index contributed by atoms with van der Waals surface area (Å²) in [4.78, 5) is 14.1. The predicted octanol–water partition coefficient (Wildman–Crippen LogP) is 3.30. The fourth-order valence-corrected chi connectivity index (χ4v) is 2.77. The minimum Gasteiger partial charge on any atom is -0.496 e. The number of halogens is 2. The average molecular weight is 333 g/mol. The minimum absolute atomic E-state index is 0.0573. The number of benzene rings is 1. The van der Waals surface area contributed by atoms with Crippen LogP contribution < -0.4 is 4.74 Å². The van der Waals surface area contributed by atoms with Crippen molar-refractivity contribution in [3.8, 4) is 5.75 Å². The number of piperidine rings is 1. The molecule has 3 nitrogen and oxygen atoms in total. The molecule has 1 heterocycles. The Morgan fingerprint density at radius 3 is 2.67 bits per heavy atom. The Morgan fingerprint density at radius 2 is 2.11 bits per heavy atom. The largest absolute Gasteiger partial charge is 0.496 e. The maximum atomic E-state index is 12.3. The average Bonchev–Trinajstić information content (AvgIpc) is 2.38. The number of rotatable bonds is 2. The van der Waals surface area contributed by atoms with Crippen LogP contribution in [0.1, 0.15) is 23.2 Å². The molecule has 0 saturated carbocycles. The summed E-state index contributed by atoms with van der Waals surface area (Å²) in [5.41, 5.74) is 0.677. The lowest BCUT2D eigenvalue weighted by Gasteiger charge is -2.29. The molecule has 1 aromatic carbocycles. The van der Waals surface area contributed by atoms with Gasteiger partial charge in [0.2, 0.25) is 0 Å². The summed E-state index contributed by atoms with van der Waals surface area (Å²) in [5.74, 6) is 0.785. The number of ether oxygens (including phenoxy) is 1. The summed E-state index contributed by atoms with van der Waals surface area (Å²) in [6.07, 6.45) is 1.73. The topological polar surface area (TPSA) is 29.5 Å². The smallest absolute Gasteiger partial charge is 0.253 e. The highest BCUT2D eigenvalue weighted by Crippen LogP contribution is 2.26. The number of hydrogen-bond acceptors (Lipinski definition) is 2. The van der Waals surface area contributed by atoms with E-state index in [1.54, 1.807) is 25.3 Å². The minimum atomic E-state index is 0.0573. The number of alkyl halides is 1. The fraction of sp³-hybridized carbons (Fsp3) is 0.462. The molecular weight excluding hydrogens is 318 g/mol. The van der Waals surface area contributed by atoms with E-state index in [4.69, 9.17) is 16.3 Å². The van der Waals surface area contributed by atoms with E-state index in [1.165, 1.54) is 0 Å². The highest BCUT2D eigenvalue weighted by Gasteiger charge is 2.22. The van der Waals surface area contributed by atoms with Crippen molar-refractivity contribution in [2.24, 2.45) is 0 Å². The van der Waals surface area contributed by atoms with Gasteiger partial charge in [-0.1, -0.05) is 0 Å². The van der Waals surface area contributed by atoms with Gasteiger partial charge in [-0.2, -0.15) is 0 Å². The van der Waals surface area contributed by atoms with Gasteiger partial charge in [0, 0.05) is 24.0 Å². The molecule has 18 heavy (non-hydrogen) atoms. The molecular formula is C13H15BrClNO2. The zero-order valence-electron chi connectivity index (χ0n) is 10.2. The molecule has 1 aliphatic heterocycles. The van der Waals surface area contributed by atoms with E-state index in [0.717, 1.165) is 36.2 Å². The standard InChI is InChI=1S/C13H15BrClNO2/c1-18-12-3-2-9(8-11(12)14)13(17)16-6-4-10(15)5-7-16/h2-3,8,10H,4-7H2,1H3. The zero-order valence-corrected chi connectivity index (χ0v) is 12.5. The van der Waals surface area contributed by atoms with Crippen LogP contribution in [-0.2, 0) is 0 Å². The number of carbonyl (C=O) groups is 1. The SMILES string of the molecule is COc1ccc(C(=O)N2CCC(Cl)CC2)cc1Br. The second-order valence-electron chi connectivity index (χ2n) is 4.32. The molecule has 1 saturated heterocycles. The Hall–Kier alpha value is -0.740. The number of likely N-dealkylation sites (tertiary alicyclic amines) is 1. The van der Waals surface area contributed by atoms with Gasteiger partial charge in [0.15, 0.2) is 0 Å². The summed E-state index contributed by atoms with van der Waals surface area (Å²) >= 11 is 9.43. The third-order valence-corrected chi connectivity index (χ3v) is 4.17. The van der Waals surface area contributed by atoms with E-state index in [1.807, 2.05) is 4.90 Å². The van der Waals surface area contributed by atoms with Crippen molar-refractivity contribution in [1.82, 2.24) is 4.90 Å². The van der Waals surface area contributed by atoms with Crippen LogP contribution in [0.5, 0.6) is 5.75 Å². The first-order valence-corrected chi connectivity index (χ1v) is 7.11. The van der Waals surface area contributed by atoms with Crippen molar-refractivity contribution >= 4 is 33.4 Å². The monoisotopic (exact) mass is 331 g/mol. The van der Waals surface area contributed by atoms with Gasteiger partial charge in [-0.05, 0) is 47.0 Å². The van der Waals surface area contributed by atoms with Crippen molar-refractivity contribution < 1.29 is 9.53 Å². The first-order chi connectivity index (χ1) is 8.61. The molecule has 0 spiro atoms. The van der Waals surface area contributed by atoms with Gasteiger partial charge >= 0.3 is 0 Å². The van der Waals surface area contributed by atoms with Gasteiger partial charge in [0.1, 0.15) is 5.75 Å². The van der Waals surface area contributed by atoms with E-state index >= 15 is 0 Å². The summed E-state index contributed by atoms with van der Waals surface area (Å²) in [5, 5.41) is 0.205. The molecule has 0 aliphatic carbocycles. The van der Waals surface area contributed by atoms with E-state index in [2.05, 4.69) is 15.9 Å². The second kappa shape index (κ2) is 5.93. The quantitative estimate of drug-likeness (QED) is 0.778. The lowest BCUT2D eigenvalue weighted by atomic mass is 10.1. The maximum Gasteiger partial charge on any atom is 0.253 e. The normalized spacial score (nSPS) is 16.7. The summed E-state index contributed by atoms with van der Waals surface area (Å²) in [7, 11) is 1.60. The predicted molar refractivity (Wildman–Crippen MR) is 75.5 cm³/mol. The van der Waals surface area contributed by atoms with E-state index in [9.17, 15) is 4.79 Å². The number of carbonyl (C=O) groups excluding carboxylic acids is 1. The lowest BCUT2D eigenvalue weighted by Crippen LogP contribution is -2.38. The number of hydrogen-bond donors (Lipinski definition) is 0. The Balaban J connectivity index is 2.11. The van der Waals surface area contributed by atoms with Crippen LogP contribution in [0.15, 0.2) is 22.7 Å². The Kier molecular flexibility index (Phi) is 4.51. The van der Waals surface area contributed by atoms with Gasteiger partial charge in [-0.25, -0.2) is 0 Å². The number of methoxy groups -OCH3 is 1. The van der Waals surface area contributed by atoms with Crippen LogP contribution in [-0.4, -0.2) is 36.4 Å². The Bertz CT molecular complexity index is 445. The summed E-state index contributed by atoms with van der Waals surface area (Å²) in [6, 6.07) is 5.39. The summed E-state index contributed by atoms with van der Waals surface area (Å²) in [6.45, 7) is 1.47. The van der Waals surface area contributed by atoms with E-state index in [0.29, 0.717) is 5.56 Å². The molecule has 98 valence electrons. The van der Waals surface area contributed by atoms with Crippen LogP contribution >= 0.6 is 27.5 Å². The molecule has 1 amide bonds. The number of amides is 1. The summed E-state index contributed by atoms with van der Waals surface area (Å²) < 4.78 is 5.94. The van der Waals surface area contributed by atoms with E-state index < -0.39 is 0 Å². The van der Waals surface area contributed by atoms with Crippen LogP contribution in [0.25, 0.3) is 0 Å². The molecule has 0 aromatic heterocycles. The van der Waals surface area contributed by atoms with Crippen molar-refractivity contribution in [2.45, 2.75) is 18.2 Å². The molecule has 1 aliphatic rings. The van der Waals surface area contributed by atoms with E-state index in [-0.39, 0.29) is 11.3 Å². The molecule has 0 N–H and O–H groups in total. The van der Waals surface area contributed by atoms with Gasteiger partial charge in [-0.15, -0.1) is 11.6 Å². The third-order valence-electron chi connectivity index (χ3n) is 3.11. The first kappa shape index (κ1) is 13.7. The van der Waals surface area contributed by atoms with Gasteiger partial charge in [0.05, 0.1) is 11.6 Å². The highest BCUT2D eigenvalue weighted by atomic mass is 79.9. The molecule has 1 aromatic rings. The maximum absolute atomic E-state index is 12.3. The van der Waals surface area contributed by atoms with Gasteiger partial charge < -0.3 is 9.64 Å². The highest BCUT2D eigenvalue weighted by molar-refractivity contribution is 9.10. The third kappa shape index (κ3) is 2.98. The number of nitrogens with zero attached hydrogens (tertiary/aromatic N) is 1. The lowest BCUT2D eigenvalue weighted by molar-refractivity contribution is 0.0726.